The normalized spacial score (nSPS) is 19.9. The first-order valence-corrected chi connectivity index (χ1v) is 14.4. The summed E-state index contributed by atoms with van der Waals surface area (Å²) in [5, 5.41) is 14.5. The predicted octanol–water partition coefficient (Wildman–Crippen LogP) is 4.40. The lowest BCUT2D eigenvalue weighted by atomic mass is 10.0. The molecule has 1 atom stereocenters. The third-order valence-corrected chi connectivity index (χ3v) is 8.65. The van der Waals surface area contributed by atoms with Gasteiger partial charge in [-0.1, -0.05) is 29.8 Å². The van der Waals surface area contributed by atoms with Gasteiger partial charge in [0.15, 0.2) is 0 Å². The van der Waals surface area contributed by atoms with E-state index in [4.69, 9.17) is 26.3 Å². The van der Waals surface area contributed by atoms with E-state index in [0.717, 1.165) is 79.0 Å². The minimum Gasteiger partial charge on any atom is -0.463 e. The van der Waals surface area contributed by atoms with Gasteiger partial charge in [-0.05, 0) is 50.9 Å². The molecule has 0 amide bonds. The summed E-state index contributed by atoms with van der Waals surface area (Å²) in [4.78, 5) is 16.6. The molecule has 3 heterocycles. The summed E-state index contributed by atoms with van der Waals surface area (Å²) in [7, 11) is 4.19. The second-order valence-corrected chi connectivity index (χ2v) is 12.0. The molecule has 3 aliphatic rings. The molecule has 1 unspecified atom stereocenters. The monoisotopic (exact) mass is 563 g/mol. The van der Waals surface area contributed by atoms with Crippen LogP contribution in [0.4, 0.5) is 15.9 Å². The zero-order valence-corrected chi connectivity index (χ0v) is 23.8. The summed E-state index contributed by atoms with van der Waals surface area (Å²) in [6, 6.07) is 11.9. The molecule has 3 aromatic rings. The van der Waals surface area contributed by atoms with Crippen LogP contribution in [0.1, 0.15) is 30.5 Å². The lowest BCUT2D eigenvalue weighted by molar-refractivity contribution is 0.182. The summed E-state index contributed by atoms with van der Waals surface area (Å²) < 4.78 is 20.8. The van der Waals surface area contributed by atoms with Crippen LogP contribution in [0.5, 0.6) is 6.01 Å². The smallest absolute Gasteiger partial charge is 0.318 e. The van der Waals surface area contributed by atoms with Crippen molar-refractivity contribution in [2.75, 3.05) is 63.2 Å². The third-order valence-electron chi connectivity index (χ3n) is 8.29. The number of halogens is 2. The predicted molar refractivity (Wildman–Crippen MR) is 156 cm³/mol. The Kier molecular flexibility index (Phi) is 7.43. The minimum absolute atomic E-state index is 0.0939. The van der Waals surface area contributed by atoms with Crippen LogP contribution in [0.25, 0.3) is 10.8 Å². The molecule has 2 fully saturated rings. The zero-order valence-electron chi connectivity index (χ0n) is 23.1. The molecule has 1 saturated carbocycles. The van der Waals surface area contributed by atoms with Gasteiger partial charge >= 0.3 is 6.01 Å². The largest absolute Gasteiger partial charge is 0.463 e. The summed E-state index contributed by atoms with van der Waals surface area (Å²) in [6.45, 7) is 5.15. The summed E-state index contributed by atoms with van der Waals surface area (Å²) >= 11 is 6.48. The minimum atomic E-state index is -0.420. The molecular formula is C30H35ClFN7O. The number of rotatable bonds is 8. The molecular weight excluding hydrogens is 529 g/mol. The van der Waals surface area contributed by atoms with Crippen LogP contribution in [0.3, 0.4) is 0 Å². The molecule has 6 rings (SSSR count). The molecule has 40 heavy (non-hydrogen) atoms. The fourth-order valence-corrected chi connectivity index (χ4v) is 6.42. The van der Waals surface area contributed by atoms with Gasteiger partial charge in [0, 0.05) is 60.8 Å². The van der Waals surface area contributed by atoms with Crippen LogP contribution >= 0.6 is 11.6 Å². The average Bonchev–Trinajstić information content (AvgIpc) is 3.72. The van der Waals surface area contributed by atoms with Crippen molar-refractivity contribution in [3.63, 3.8) is 0 Å². The van der Waals surface area contributed by atoms with E-state index in [1.165, 1.54) is 6.07 Å². The Bertz CT molecular complexity index is 1450. The first-order valence-electron chi connectivity index (χ1n) is 14.0. The second kappa shape index (κ2) is 11.0. The molecule has 1 aliphatic carbocycles. The van der Waals surface area contributed by atoms with Crippen LogP contribution in [-0.4, -0.2) is 74.3 Å². The SMILES string of the molecule is CN(C)CC1(COc2nc3c(c(N4CCNC(CC#N)C4)n2)CCN(c2cccc4ccc(F)c(Cl)c24)C3)CC1. The molecule has 10 heteroatoms. The van der Waals surface area contributed by atoms with Crippen LogP contribution in [-0.2, 0) is 13.0 Å². The Morgan fingerprint density at radius 3 is 2.83 bits per heavy atom. The topological polar surface area (TPSA) is 80.5 Å². The Morgan fingerprint density at radius 2 is 2.05 bits per heavy atom. The van der Waals surface area contributed by atoms with Crippen molar-refractivity contribution in [2.24, 2.45) is 5.41 Å². The summed E-state index contributed by atoms with van der Waals surface area (Å²) in [6.07, 6.45) is 3.48. The van der Waals surface area contributed by atoms with Gasteiger partial charge in [-0.2, -0.15) is 15.2 Å². The molecule has 2 aromatic carbocycles. The number of nitrogens with one attached hydrogen (secondary N) is 1. The highest BCUT2D eigenvalue weighted by atomic mass is 35.5. The van der Waals surface area contributed by atoms with E-state index < -0.39 is 5.82 Å². The highest BCUT2D eigenvalue weighted by molar-refractivity contribution is 6.36. The highest BCUT2D eigenvalue weighted by Gasteiger charge is 2.44. The molecule has 0 radical (unpaired) electrons. The third kappa shape index (κ3) is 5.40. The number of hydrogen-bond donors (Lipinski definition) is 1. The number of fused-ring (bicyclic) bond motifs is 2. The van der Waals surface area contributed by atoms with Gasteiger partial charge in [-0.3, -0.25) is 0 Å². The van der Waals surface area contributed by atoms with Gasteiger partial charge in [0.25, 0.3) is 0 Å². The van der Waals surface area contributed by atoms with E-state index in [-0.39, 0.29) is 16.5 Å². The van der Waals surface area contributed by atoms with E-state index in [0.29, 0.717) is 32.1 Å². The van der Waals surface area contributed by atoms with Crippen LogP contribution < -0.4 is 19.9 Å². The Morgan fingerprint density at radius 1 is 1.20 bits per heavy atom. The average molecular weight is 564 g/mol. The highest BCUT2D eigenvalue weighted by Crippen LogP contribution is 2.46. The molecule has 8 nitrogen and oxygen atoms in total. The van der Waals surface area contributed by atoms with Crippen LogP contribution in [0.15, 0.2) is 30.3 Å². The molecule has 210 valence electrons. The van der Waals surface area contributed by atoms with Crippen LogP contribution in [0, 0.1) is 22.6 Å². The van der Waals surface area contributed by atoms with E-state index >= 15 is 0 Å². The maximum Gasteiger partial charge on any atom is 0.318 e. The van der Waals surface area contributed by atoms with Gasteiger partial charge < -0.3 is 24.8 Å². The number of nitriles is 1. The van der Waals surface area contributed by atoms with Gasteiger partial charge in [-0.25, -0.2) is 4.39 Å². The van der Waals surface area contributed by atoms with E-state index in [2.05, 4.69) is 40.2 Å². The fraction of sp³-hybridized carbons (Fsp3) is 0.500. The Balaban J connectivity index is 1.34. The molecule has 0 spiro atoms. The quantitative estimate of drug-likeness (QED) is 0.432. The van der Waals surface area contributed by atoms with E-state index in [9.17, 15) is 9.65 Å². The van der Waals surface area contributed by atoms with Crippen molar-refractivity contribution < 1.29 is 9.13 Å². The zero-order chi connectivity index (χ0) is 27.9. The lowest BCUT2D eigenvalue weighted by Gasteiger charge is -2.37. The molecule has 1 saturated heterocycles. The summed E-state index contributed by atoms with van der Waals surface area (Å²) in [5.41, 5.74) is 3.09. The lowest BCUT2D eigenvalue weighted by Crippen LogP contribution is -2.51. The van der Waals surface area contributed by atoms with Gasteiger partial charge in [0.05, 0.1) is 36.4 Å². The van der Waals surface area contributed by atoms with Crippen molar-refractivity contribution in [1.29, 1.82) is 5.26 Å². The summed E-state index contributed by atoms with van der Waals surface area (Å²) in [5.74, 6) is 0.486. The maximum absolute atomic E-state index is 14.5. The standard InChI is InChI=1S/C30H35ClFN7O/c1-37(2)18-30(10-11-30)19-40-29-35-24-17-38(25-5-3-4-20-6-7-23(32)27(31)26(20)25)14-9-22(24)28(36-29)39-15-13-34-21(16-39)8-12-33/h3-7,21,34H,8-11,13-19H2,1-2H3. The maximum atomic E-state index is 14.5. The Hall–Kier alpha value is -3.19. The van der Waals surface area contributed by atoms with Crippen molar-refractivity contribution in [3.8, 4) is 12.1 Å². The molecule has 2 aliphatic heterocycles. The number of anilines is 2. The van der Waals surface area contributed by atoms with Crippen LogP contribution in [0.2, 0.25) is 5.02 Å². The number of piperazine rings is 1. The number of hydrogen-bond acceptors (Lipinski definition) is 8. The van der Waals surface area contributed by atoms with Crippen molar-refractivity contribution in [1.82, 2.24) is 20.2 Å². The van der Waals surface area contributed by atoms with E-state index in [1.807, 2.05) is 18.2 Å². The molecule has 1 N–H and O–H groups in total. The second-order valence-electron chi connectivity index (χ2n) is 11.6. The van der Waals surface area contributed by atoms with E-state index in [1.54, 1.807) is 6.07 Å². The van der Waals surface area contributed by atoms with Crippen molar-refractivity contribution >= 4 is 33.9 Å². The molecule has 0 bridgehead atoms. The number of ether oxygens (including phenoxy) is 1. The van der Waals surface area contributed by atoms with Crippen molar-refractivity contribution in [2.45, 2.75) is 38.3 Å². The van der Waals surface area contributed by atoms with Gasteiger partial charge in [0.2, 0.25) is 0 Å². The van der Waals surface area contributed by atoms with Gasteiger partial charge in [0.1, 0.15) is 11.6 Å². The van der Waals surface area contributed by atoms with Crippen molar-refractivity contribution in [3.05, 3.63) is 52.4 Å². The number of nitrogens with zero attached hydrogens (tertiary/aromatic N) is 6. The number of aromatic nitrogens is 2. The first-order chi connectivity index (χ1) is 19.4. The van der Waals surface area contributed by atoms with Gasteiger partial charge in [-0.15, -0.1) is 0 Å². The first kappa shape index (κ1) is 27.0. The number of benzene rings is 2. The molecule has 1 aromatic heterocycles. The Labute approximate surface area is 239 Å². The fourth-order valence-electron chi connectivity index (χ4n) is 6.15.